The van der Waals surface area contributed by atoms with Gasteiger partial charge in [-0.25, -0.2) is 0 Å². The minimum atomic E-state index is -0.791. The van der Waals surface area contributed by atoms with Gasteiger partial charge in [-0.3, -0.25) is 14.4 Å². The minimum Gasteiger partial charge on any atom is -0.462 e. The normalized spacial score (nSPS) is 12.4. The van der Waals surface area contributed by atoms with Gasteiger partial charge in [0.05, 0.1) is 0 Å². The Morgan fingerprint density at radius 2 is 0.597 bits per heavy atom. The molecule has 1 unspecified atom stereocenters. The molecule has 0 saturated heterocycles. The van der Waals surface area contributed by atoms with Crippen LogP contribution in [0.1, 0.15) is 271 Å². The van der Waals surface area contributed by atoms with E-state index in [4.69, 9.17) is 14.2 Å². The number of esters is 3. The predicted molar refractivity (Wildman–Crippen MR) is 265 cm³/mol. The van der Waals surface area contributed by atoms with Crippen molar-refractivity contribution in [2.24, 2.45) is 0 Å². The molecule has 0 spiro atoms. The molecule has 0 aromatic rings. The van der Waals surface area contributed by atoms with Crippen LogP contribution in [0.25, 0.3) is 0 Å². The monoisotopic (exact) mass is 869 g/mol. The summed E-state index contributed by atoms with van der Waals surface area (Å²) >= 11 is 0. The first-order valence-electron chi connectivity index (χ1n) is 26.7. The van der Waals surface area contributed by atoms with E-state index in [1.165, 1.54) is 148 Å². The number of carbonyl (C=O) groups is 3. The van der Waals surface area contributed by atoms with E-state index in [1.807, 2.05) is 0 Å². The Morgan fingerprint density at radius 1 is 0.323 bits per heavy atom. The summed E-state index contributed by atoms with van der Waals surface area (Å²) in [5.41, 5.74) is 0. The summed E-state index contributed by atoms with van der Waals surface area (Å²) in [6.45, 7) is 6.55. The van der Waals surface area contributed by atoms with Crippen LogP contribution in [0.5, 0.6) is 0 Å². The Balaban J connectivity index is 4.36. The van der Waals surface area contributed by atoms with E-state index in [9.17, 15) is 14.4 Å². The van der Waals surface area contributed by atoms with Gasteiger partial charge in [-0.2, -0.15) is 0 Å². The van der Waals surface area contributed by atoms with Crippen LogP contribution in [-0.4, -0.2) is 37.2 Å². The third-order valence-electron chi connectivity index (χ3n) is 11.6. The molecular weight excluding hydrogens is 769 g/mol. The summed E-state index contributed by atoms with van der Waals surface area (Å²) in [5.74, 6) is -0.932. The number of hydrogen-bond donors (Lipinski definition) is 0. The molecule has 1 atom stereocenters. The zero-order valence-electron chi connectivity index (χ0n) is 41.1. The van der Waals surface area contributed by atoms with E-state index in [-0.39, 0.29) is 31.1 Å². The molecule has 0 aromatic carbocycles. The van der Waals surface area contributed by atoms with Gasteiger partial charge in [0, 0.05) is 19.3 Å². The van der Waals surface area contributed by atoms with Gasteiger partial charge >= 0.3 is 17.9 Å². The number of unbranched alkanes of at least 4 members (excludes halogenated alkanes) is 30. The molecular formula is C56H100O6. The van der Waals surface area contributed by atoms with Crippen molar-refractivity contribution < 1.29 is 28.6 Å². The van der Waals surface area contributed by atoms with Crippen LogP contribution in [0.2, 0.25) is 0 Å². The van der Waals surface area contributed by atoms with Crippen LogP contribution < -0.4 is 0 Å². The van der Waals surface area contributed by atoms with Crippen molar-refractivity contribution in [2.75, 3.05) is 13.2 Å². The first-order chi connectivity index (χ1) is 30.5. The molecule has 360 valence electrons. The highest BCUT2D eigenvalue weighted by atomic mass is 16.6. The summed E-state index contributed by atoms with van der Waals surface area (Å²) in [6, 6.07) is 0. The Hall–Kier alpha value is -2.63. The van der Waals surface area contributed by atoms with Gasteiger partial charge in [0.15, 0.2) is 6.10 Å². The third kappa shape index (κ3) is 48.4. The topological polar surface area (TPSA) is 78.9 Å². The fraction of sp³-hybridized carbons (Fsp3) is 0.804. The molecule has 0 bridgehead atoms. The number of allylic oxidation sites excluding steroid dienone is 8. The molecule has 0 aliphatic heterocycles. The molecule has 0 aliphatic carbocycles. The lowest BCUT2D eigenvalue weighted by Gasteiger charge is -2.18. The highest BCUT2D eigenvalue weighted by Crippen LogP contribution is 2.14. The molecule has 6 heteroatoms. The Morgan fingerprint density at radius 3 is 0.968 bits per heavy atom. The summed E-state index contributed by atoms with van der Waals surface area (Å²) in [6.07, 6.45) is 61.0. The molecule has 0 N–H and O–H groups in total. The molecule has 6 nitrogen and oxygen atoms in total. The molecule has 0 saturated carbocycles. The summed E-state index contributed by atoms with van der Waals surface area (Å²) in [4.78, 5) is 37.9. The highest BCUT2D eigenvalue weighted by Gasteiger charge is 2.19. The summed E-state index contributed by atoms with van der Waals surface area (Å²) in [5, 5.41) is 0. The minimum absolute atomic E-state index is 0.0891. The zero-order valence-corrected chi connectivity index (χ0v) is 41.1. The van der Waals surface area contributed by atoms with Gasteiger partial charge in [0.2, 0.25) is 0 Å². The van der Waals surface area contributed by atoms with E-state index in [1.54, 1.807) is 0 Å². The van der Waals surface area contributed by atoms with Gasteiger partial charge in [-0.05, 0) is 89.9 Å². The van der Waals surface area contributed by atoms with Crippen LogP contribution in [0, 0.1) is 0 Å². The van der Waals surface area contributed by atoms with Gasteiger partial charge in [0.1, 0.15) is 13.2 Å². The summed E-state index contributed by atoms with van der Waals surface area (Å²) < 4.78 is 16.8. The first-order valence-corrected chi connectivity index (χ1v) is 26.7. The lowest BCUT2D eigenvalue weighted by Crippen LogP contribution is -2.30. The van der Waals surface area contributed by atoms with Crippen molar-refractivity contribution in [1.82, 2.24) is 0 Å². The van der Waals surface area contributed by atoms with E-state index in [0.717, 1.165) is 83.5 Å². The van der Waals surface area contributed by atoms with E-state index in [2.05, 4.69) is 69.4 Å². The second kappa shape index (κ2) is 51.0. The standard InChI is InChI=1S/C56H100O6/c1-4-7-10-13-16-19-22-24-26-27-28-29-30-32-34-37-40-43-46-49-55(58)61-52-53(51-60-54(57)48-45-42-39-36-33-21-18-15-12-9-6-3)62-56(59)50-47-44-41-38-35-31-25-23-20-17-14-11-8-5-2/h15,18,21,27-28,31,33,35,53H,4-14,16-17,19-20,22-26,29-30,32,34,36-52H2,1-3H3/b18-15-,28-27-,33-21-,35-31-. The lowest BCUT2D eigenvalue weighted by molar-refractivity contribution is -0.167. The van der Waals surface area contributed by atoms with Crippen molar-refractivity contribution in [1.29, 1.82) is 0 Å². The van der Waals surface area contributed by atoms with Crippen LogP contribution in [0.3, 0.4) is 0 Å². The number of ether oxygens (including phenoxy) is 3. The number of carbonyl (C=O) groups excluding carboxylic acids is 3. The SMILES string of the molecule is CCCC/C=C\C=C/CCCCCC(=O)OCC(COC(=O)CCCCCCCCC/C=C\CCCCCCCCCC)OC(=O)CCCCC/C=C\CCCCCCCCC. The van der Waals surface area contributed by atoms with Crippen LogP contribution >= 0.6 is 0 Å². The van der Waals surface area contributed by atoms with Crippen molar-refractivity contribution >= 4 is 17.9 Å². The van der Waals surface area contributed by atoms with E-state index < -0.39 is 6.10 Å². The molecule has 62 heavy (non-hydrogen) atoms. The van der Waals surface area contributed by atoms with Gasteiger partial charge in [-0.1, -0.05) is 211 Å². The van der Waals surface area contributed by atoms with Crippen LogP contribution in [0.15, 0.2) is 48.6 Å². The van der Waals surface area contributed by atoms with Crippen molar-refractivity contribution in [3.05, 3.63) is 48.6 Å². The third-order valence-corrected chi connectivity index (χ3v) is 11.6. The van der Waals surface area contributed by atoms with Gasteiger partial charge in [0.25, 0.3) is 0 Å². The maximum Gasteiger partial charge on any atom is 0.306 e. The number of hydrogen-bond acceptors (Lipinski definition) is 6. The molecule has 0 aromatic heterocycles. The molecule has 0 rings (SSSR count). The van der Waals surface area contributed by atoms with Gasteiger partial charge in [-0.15, -0.1) is 0 Å². The fourth-order valence-corrected chi connectivity index (χ4v) is 7.47. The molecule has 0 fully saturated rings. The van der Waals surface area contributed by atoms with E-state index >= 15 is 0 Å². The zero-order chi connectivity index (χ0) is 45.1. The maximum atomic E-state index is 12.8. The largest absolute Gasteiger partial charge is 0.462 e. The molecule has 0 radical (unpaired) electrons. The average molecular weight is 869 g/mol. The van der Waals surface area contributed by atoms with Crippen molar-refractivity contribution in [3.8, 4) is 0 Å². The summed E-state index contributed by atoms with van der Waals surface area (Å²) in [7, 11) is 0. The second-order valence-electron chi connectivity index (χ2n) is 17.8. The Bertz CT molecular complexity index is 1090. The highest BCUT2D eigenvalue weighted by molar-refractivity contribution is 5.71. The Kier molecular flexibility index (Phi) is 48.8. The second-order valence-corrected chi connectivity index (χ2v) is 17.8. The van der Waals surface area contributed by atoms with E-state index in [0.29, 0.717) is 19.3 Å². The average Bonchev–Trinajstić information content (AvgIpc) is 3.27. The smallest absolute Gasteiger partial charge is 0.306 e. The quantitative estimate of drug-likeness (QED) is 0.0199. The fourth-order valence-electron chi connectivity index (χ4n) is 7.47. The maximum absolute atomic E-state index is 12.8. The molecule has 0 amide bonds. The van der Waals surface area contributed by atoms with Crippen LogP contribution in [0.4, 0.5) is 0 Å². The lowest BCUT2D eigenvalue weighted by atomic mass is 10.1. The van der Waals surface area contributed by atoms with Crippen molar-refractivity contribution in [3.63, 3.8) is 0 Å². The van der Waals surface area contributed by atoms with Gasteiger partial charge < -0.3 is 14.2 Å². The molecule has 0 aliphatic rings. The van der Waals surface area contributed by atoms with Crippen LogP contribution in [-0.2, 0) is 28.6 Å². The van der Waals surface area contributed by atoms with Crippen molar-refractivity contribution in [2.45, 2.75) is 277 Å². The first kappa shape index (κ1) is 59.4. The number of rotatable bonds is 48. The Labute approximate surface area is 384 Å². The predicted octanol–water partition coefficient (Wildman–Crippen LogP) is 17.5. The molecule has 0 heterocycles.